The molecule has 6 atom stereocenters. The molecule has 1 heterocycles. The molecule has 5 amide bonds. The lowest BCUT2D eigenvalue weighted by Gasteiger charge is -2.29. The lowest BCUT2D eigenvalue weighted by atomic mass is 9.93. The summed E-state index contributed by atoms with van der Waals surface area (Å²) in [5, 5.41) is 144. The Labute approximate surface area is 877 Å². The first-order chi connectivity index (χ1) is 68.3. The molecule has 0 aliphatic carbocycles. The molecule has 1 aliphatic rings. The smallest absolute Gasteiger partial charge is 0.521 e. The number of thiol groups is 2. The number of nitrogens with zero attached hydrogens (tertiary/aromatic N) is 9. The molecule has 20 N–H and O–H groups in total. The third-order valence-electron chi connectivity index (χ3n) is 17.7. The number of aliphatic carboxylic acids is 10. The Hall–Kier alpha value is -11.4. The van der Waals surface area contributed by atoms with Crippen molar-refractivity contribution in [1.82, 2.24) is 54.7 Å². The summed E-state index contributed by atoms with van der Waals surface area (Å²) < 4.78 is 56.2. The van der Waals surface area contributed by atoms with Crippen LogP contribution in [-0.2, 0) is 157 Å². The van der Waals surface area contributed by atoms with Crippen molar-refractivity contribution in [2.75, 3.05) is 225 Å². The Kier molecular flexibility index (Phi) is 83.5. The molecule has 0 aromatic rings. The number of phosphoric ester groups is 1. The van der Waals surface area contributed by atoms with E-state index in [2.05, 4.69) is 72.9 Å². The third-order valence-corrected chi connectivity index (χ3v) is 18.7. The molecule has 0 aromatic carbocycles. The lowest BCUT2D eigenvalue weighted by molar-refractivity contribution is -0.268. The highest BCUT2D eigenvalue weighted by Gasteiger charge is 2.39. The van der Waals surface area contributed by atoms with Gasteiger partial charge >= 0.3 is 106 Å². The Balaban J connectivity index is -0.000000223. The first-order valence-corrected chi connectivity index (χ1v) is 47.3. The molecule has 67 heteroatoms. The van der Waals surface area contributed by atoms with E-state index in [-0.39, 0.29) is 165 Å². The standard InChI is InChI=1S/C19H33N3O10.C15H26N2O8.C13H23NO6S.C11H22NO8P.C11H19NO4.C8H14N2O6.C4H7NO4.C2H4O2S.HO4P.H2/c1-13(23)20(4)12-19(2,3)18(31)32-11-14(24)7-21(8-15(25)26)5-6-22(9-16(27)28)10-17(29)30;1-10(18)16(4)9-15(2,3)14(24)25-8-11(19)5-17(6-12(20)21)7-13(22)23;1-9(15)14(5)8-13(3,4)12(17)18-6-11(16)7-19-20-10(2)21;1-8(13)12(4)7-11(2,3)10(15)19-5-9(14)6-20-21(16,17)18;1-8(13)12(4)7-11(2,3)10(14)16-6-9-5-15-9;1-6(16-15)9-2-3-10(4-7(11)12)5-8(13)14;6-3(7)1-5-2-4(8)9;3-2(4)1-5;1-4-5(2)3;/h14,24H,5-12H2,1-4H3,(H,25,26)(H,27,28)(H,29,30);11,19H,5-9H2,1-4H3,(H,20,21)(H,22,23);11,16,21H,2,6-8H2,1,3-5H3;9,14H,5-7H2,1-4H3,(H2,16,17,18);9H,5-7H2,1-4H3;9,15H,1-5H2,(H,11,12)(H,13,14);5H,1-2H2,(H,6,7)(H,8,9);5H,1H2,(H,3,4);1H;1H. The third kappa shape index (κ3) is 95.0. The Morgan fingerprint density at radius 1 is 0.427 bits per heavy atom. The number of nitrogens with one attached hydrogen (secondary N) is 2. The van der Waals surface area contributed by atoms with Gasteiger partial charge in [0.05, 0.1) is 105 Å². The van der Waals surface area contributed by atoms with Crippen molar-refractivity contribution in [2.45, 2.75) is 134 Å². The van der Waals surface area contributed by atoms with Gasteiger partial charge in [0.2, 0.25) is 35.4 Å². The zero-order chi connectivity index (χ0) is 119. The molecular weight excluding hydrogens is 2110 g/mol. The number of phosphoric acid groups is 1. The van der Waals surface area contributed by atoms with Gasteiger partial charge in [-0.05, 0) is 87.0 Å². The van der Waals surface area contributed by atoms with Crippen LogP contribution in [-0.4, -0.2) is 510 Å². The number of hydrogen-bond acceptors (Lipinski definition) is 48. The normalized spacial score (nSPS) is 12.7. The fourth-order valence-electron chi connectivity index (χ4n) is 10.1. The summed E-state index contributed by atoms with van der Waals surface area (Å²) in [5.74, 6) is -15.1. The zero-order valence-corrected chi connectivity index (χ0v) is 90.6. The highest BCUT2D eigenvalue weighted by molar-refractivity contribution is 7.84. The number of hydrogen-bond donors (Lipinski definition) is 22. The highest BCUT2D eigenvalue weighted by Crippen LogP contribution is 2.36. The summed E-state index contributed by atoms with van der Waals surface area (Å²) in [5.41, 5.74) is -4.58. The SMILES string of the molecule is C=C(NCCN(CC(=O)O)CC(=O)O)OO.C=C(S)OOCC(O)COC(=O)C(C)(C)CN(C)C(C)=O.CC(=O)N(C)CC(C)(C)C(=O)OCC(O)CN(CC(=O)O)CC(=O)O.CC(=O)N(C)CC(C)(C)C(=O)OCC(O)CN(CCN(CC(=O)O)CC(=O)O)CC(=O)O.CC(=O)N(C)CC(C)(C)C(=O)OCC(O)COP(=O)(O)O.CC(=O)N(C)CC(C)(C)C(=O)OCC1CO1.O=C(O)CNCC(=O)O.O=C(O)CS.O=[P+]([O-])OO.[HH]. The molecule has 0 radical (unpaired) electrons. The van der Waals surface area contributed by atoms with Crippen molar-refractivity contribution in [3.63, 3.8) is 0 Å². The van der Waals surface area contributed by atoms with E-state index in [0.717, 1.165) is 9.80 Å². The van der Waals surface area contributed by atoms with E-state index in [1.807, 2.05) is 0 Å². The molecule has 0 aromatic heterocycles. The van der Waals surface area contributed by atoms with Gasteiger partial charge in [0.15, 0.2) is 5.09 Å². The molecule has 1 saturated heterocycles. The van der Waals surface area contributed by atoms with Crippen LogP contribution >= 0.6 is 41.3 Å². The quantitative estimate of drug-likeness (QED) is 0.00398. The summed E-state index contributed by atoms with van der Waals surface area (Å²) in [4.78, 5) is 270. The maximum absolute atomic E-state index is 12.3. The maximum atomic E-state index is 12.3. The van der Waals surface area contributed by atoms with Gasteiger partial charge in [-0.15, -0.1) is 12.6 Å². The van der Waals surface area contributed by atoms with Crippen molar-refractivity contribution < 1.29 is 255 Å². The number of aliphatic hydroxyl groups is 4. The van der Waals surface area contributed by atoms with Gasteiger partial charge in [-0.1, -0.05) is 0 Å². The van der Waals surface area contributed by atoms with E-state index in [4.69, 9.17) is 109 Å². The predicted molar refractivity (Wildman–Crippen MR) is 520 cm³/mol. The number of ether oxygens (including phenoxy) is 6. The van der Waals surface area contributed by atoms with Crippen LogP contribution in [0.15, 0.2) is 24.1 Å². The van der Waals surface area contributed by atoms with Crippen LogP contribution in [0.2, 0.25) is 0 Å². The van der Waals surface area contributed by atoms with Crippen LogP contribution in [0.4, 0.5) is 0 Å². The van der Waals surface area contributed by atoms with Crippen molar-refractivity contribution in [2.24, 2.45) is 27.1 Å². The zero-order valence-electron chi connectivity index (χ0n) is 87.1. The van der Waals surface area contributed by atoms with Gasteiger partial charge in [-0.2, -0.15) is 17.5 Å². The Bertz CT molecular complexity index is 4230. The number of epoxide rings is 1. The number of amides is 5. The minimum atomic E-state index is -4.67. The first kappa shape index (κ1) is 154. The second kappa shape index (κ2) is 81.4. The second-order valence-corrected chi connectivity index (χ2v) is 37.8. The van der Waals surface area contributed by atoms with E-state index in [9.17, 15) is 121 Å². The monoisotopic (exact) mass is 2260 g/mol. The number of rotatable bonds is 64. The van der Waals surface area contributed by atoms with Gasteiger partial charge in [0.1, 0.15) is 70.2 Å². The second-order valence-electron chi connectivity index (χ2n) is 35.2. The minimum absolute atomic E-state index is 0. The van der Waals surface area contributed by atoms with E-state index in [1.165, 1.54) is 76.0 Å². The number of carboxylic acids is 10. The van der Waals surface area contributed by atoms with Crippen LogP contribution < -0.4 is 15.5 Å². The van der Waals surface area contributed by atoms with Crippen molar-refractivity contribution in [1.29, 1.82) is 0 Å². The topological polar surface area (TPSA) is 921 Å². The van der Waals surface area contributed by atoms with Crippen LogP contribution in [0.3, 0.4) is 0 Å². The number of carbonyl (C=O) groups excluding carboxylic acids is 10. The molecule has 872 valence electrons. The van der Waals surface area contributed by atoms with Crippen LogP contribution in [0.1, 0.15) is 105 Å². The van der Waals surface area contributed by atoms with Crippen LogP contribution in [0, 0.1) is 27.1 Å². The summed E-state index contributed by atoms with van der Waals surface area (Å²) in [6, 6.07) is 0. The van der Waals surface area contributed by atoms with Crippen molar-refractivity contribution in [3.05, 3.63) is 24.1 Å². The van der Waals surface area contributed by atoms with Gasteiger partial charge in [0, 0.05) is 148 Å². The van der Waals surface area contributed by atoms with E-state index >= 15 is 0 Å². The lowest BCUT2D eigenvalue weighted by Crippen LogP contribution is -2.45. The number of esters is 5. The molecule has 1 aliphatic heterocycles. The molecule has 0 bridgehead atoms. The summed E-state index contributed by atoms with van der Waals surface area (Å²) in [6.07, 6.45) is -4.81. The number of carboxylic acid groups (broad SMARTS) is 10. The Morgan fingerprint density at radius 3 is 0.913 bits per heavy atom. The molecule has 0 saturated carbocycles. The predicted octanol–water partition coefficient (Wildman–Crippen LogP) is -4.71. The number of aliphatic hydroxyl groups excluding tert-OH is 4. The molecule has 1 fully saturated rings. The average molecular weight is 2260 g/mol. The van der Waals surface area contributed by atoms with Gasteiger partial charge in [-0.3, -0.25) is 125 Å². The minimum Gasteiger partial charge on any atom is -0.565 e. The molecular formula is C83H151N11O52P2S2. The maximum Gasteiger partial charge on any atom is 0.521 e. The molecule has 63 nitrogen and oxygen atoms in total. The molecule has 150 heavy (non-hydrogen) atoms. The fourth-order valence-corrected chi connectivity index (χ4v) is 10.6. The van der Waals surface area contributed by atoms with Gasteiger partial charge < -0.3 is 154 Å². The Morgan fingerprint density at radius 2 is 0.673 bits per heavy atom. The first-order valence-electron chi connectivity index (χ1n) is 43.6. The van der Waals surface area contributed by atoms with E-state index < -0.39 is 210 Å². The van der Waals surface area contributed by atoms with E-state index in [1.54, 1.807) is 97.4 Å². The molecule has 0 spiro atoms. The van der Waals surface area contributed by atoms with E-state index in [0.29, 0.717) is 19.8 Å². The molecule has 1 rings (SSSR count). The van der Waals surface area contributed by atoms with Crippen LogP contribution in [0.5, 0.6) is 0 Å². The largest absolute Gasteiger partial charge is 0.565 e. The number of carbonyl (C=O) groups is 20. The van der Waals surface area contributed by atoms with Crippen molar-refractivity contribution >= 4 is 160 Å². The summed E-state index contributed by atoms with van der Waals surface area (Å²) in [7, 11) is 0.171. The fraction of sp³-hybridized carbons (Fsp3) is 0.711. The van der Waals surface area contributed by atoms with Crippen LogP contribution in [0.25, 0.3) is 0 Å². The van der Waals surface area contributed by atoms with Gasteiger partial charge in [-0.25, -0.2) is 15.1 Å². The summed E-state index contributed by atoms with van der Waals surface area (Å²) in [6.45, 7) is 25.1. The molecule has 6 unspecified atom stereocenters. The highest BCUT2D eigenvalue weighted by atomic mass is 32.1. The average Bonchev–Trinajstić information content (AvgIpc) is 1.82. The summed E-state index contributed by atoms with van der Waals surface area (Å²) >= 11 is 7.15. The van der Waals surface area contributed by atoms with Gasteiger partial charge in [0.25, 0.3) is 0 Å². The van der Waals surface area contributed by atoms with Crippen molar-refractivity contribution in [3.8, 4) is 0 Å².